The number of nitriles is 1. The van der Waals surface area contributed by atoms with Crippen molar-refractivity contribution >= 4 is 23.3 Å². The molecule has 1 unspecified atom stereocenters. The number of likely N-dealkylation sites (tertiary alicyclic amines) is 1. The summed E-state index contributed by atoms with van der Waals surface area (Å²) in [6.45, 7) is 4.53. The highest BCUT2D eigenvalue weighted by atomic mass is 16.1. The Morgan fingerprint density at radius 2 is 2.25 bits per heavy atom. The molecule has 0 aliphatic carbocycles. The number of hydrogen-bond donors (Lipinski definition) is 1. The Balaban J connectivity index is 0.000000383. The molecule has 24 heavy (non-hydrogen) atoms. The van der Waals surface area contributed by atoms with Crippen LogP contribution < -0.4 is 4.90 Å². The van der Waals surface area contributed by atoms with Crippen molar-refractivity contribution in [2.24, 2.45) is 0 Å². The first kappa shape index (κ1) is 16.2. The molecule has 0 aromatic carbocycles. The number of carbonyl (C=O) groups is 1. The van der Waals surface area contributed by atoms with Gasteiger partial charge in [0.05, 0.1) is 17.0 Å². The van der Waals surface area contributed by atoms with Crippen LogP contribution in [0.3, 0.4) is 0 Å². The third kappa shape index (κ3) is 2.80. The van der Waals surface area contributed by atoms with E-state index in [0.29, 0.717) is 6.42 Å². The van der Waals surface area contributed by atoms with Crippen molar-refractivity contribution in [2.75, 3.05) is 24.5 Å². The van der Waals surface area contributed by atoms with Crippen LogP contribution in [0.1, 0.15) is 32.6 Å². The molecule has 2 aliphatic rings. The van der Waals surface area contributed by atoms with Crippen LogP contribution in [0, 0.1) is 11.3 Å². The van der Waals surface area contributed by atoms with Gasteiger partial charge in [-0.15, -0.1) is 0 Å². The van der Waals surface area contributed by atoms with E-state index in [-0.39, 0.29) is 5.54 Å². The molecule has 2 aromatic rings. The van der Waals surface area contributed by atoms with E-state index >= 15 is 0 Å². The quantitative estimate of drug-likeness (QED) is 0.854. The summed E-state index contributed by atoms with van der Waals surface area (Å²) in [4.78, 5) is 27.3. The summed E-state index contributed by atoms with van der Waals surface area (Å²) in [7, 11) is 0. The van der Waals surface area contributed by atoms with Crippen LogP contribution in [-0.4, -0.2) is 51.4 Å². The number of anilines is 1. The maximum Gasteiger partial charge on any atom is 0.210 e. The minimum Gasteiger partial charge on any atom is -0.354 e. The van der Waals surface area contributed by atoms with Gasteiger partial charge in [0, 0.05) is 32.3 Å². The first-order chi connectivity index (χ1) is 11.7. The van der Waals surface area contributed by atoms with Gasteiger partial charge in [-0.2, -0.15) is 5.26 Å². The van der Waals surface area contributed by atoms with Crippen LogP contribution in [0.5, 0.6) is 0 Å². The molecule has 1 spiro atoms. The van der Waals surface area contributed by atoms with E-state index in [1.807, 2.05) is 30.2 Å². The molecule has 2 saturated heterocycles. The predicted octanol–water partition coefficient (Wildman–Crippen LogP) is 2.08. The zero-order valence-corrected chi connectivity index (χ0v) is 13.9. The molecule has 1 N–H and O–H groups in total. The second-order valence-electron chi connectivity index (χ2n) is 6.25. The topological polar surface area (TPSA) is 88.9 Å². The number of nitrogens with one attached hydrogen (secondary N) is 1. The van der Waals surface area contributed by atoms with E-state index in [4.69, 9.17) is 5.26 Å². The largest absolute Gasteiger partial charge is 0.354 e. The van der Waals surface area contributed by atoms with Crippen molar-refractivity contribution in [1.29, 1.82) is 5.26 Å². The Labute approximate surface area is 141 Å². The van der Waals surface area contributed by atoms with E-state index < -0.39 is 0 Å². The number of aromatic nitrogens is 3. The number of hydrogen-bond acceptors (Lipinski definition) is 5. The highest BCUT2D eigenvalue weighted by Gasteiger charge is 2.46. The summed E-state index contributed by atoms with van der Waals surface area (Å²) < 4.78 is 0. The molecular formula is C17H22N6O. The van der Waals surface area contributed by atoms with Crippen molar-refractivity contribution in [3.05, 3.63) is 18.6 Å². The highest BCUT2D eigenvalue weighted by molar-refractivity contribution is 5.87. The van der Waals surface area contributed by atoms with Gasteiger partial charge >= 0.3 is 0 Å². The third-order valence-electron chi connectivity index (χ3n) is 4.90. The molecule has 1 atom stereocenters. The monoisotopic (exact) mass is 326 g/mol. The van der Waals surface area contributed by atoms with E-state index in [9.17, 15) is 4.79 Å². The van der Waals surface area contributed by atoms with E-state index in [1.165, 1.54) is 0 Å². The molecule has 7 nitrogen and oxygen atoms in total. The Morgan fingerprint density at radius 1 is 1.42 bits per heavy atom. The fourth-order valence-corrected chi connectivity index (χ4v) is 3.71. The summed E-state index contributed by atoms with van der Waals surface area (Å²) in [5.41, 5.74) is 0.893. The second kappa shape index (κ2) is 6.87. The Bertz CT molecular complexity index is 751. The first-order valence-corrected chi connectivity index (χ1v) is 8.36. The van der Waals surface area contributed by atoms with Crippen molar-refractivity contribution in [2.45, 2.75) is 38.1 Å². The lowest BCUT2D eigenvalue weighted by atomic mass is 9.96. The lowest BCUT2D eigenvalue weighted by molar-refractivity contribution is -0.121. The molecule has 4 rings (SSSR count). The van der Waals surface area contributed by atoms with Gasteiger partial charge in [-0.1, -0.05) is 6.92 Å². The maximum atomic E-state index is 11.3. The molecule has 4 heterocycles. The van der Waals surface area contributed by atoms with Crippen molar-refractivity contribution in [3.8, 4) is 6.07 Å². The Morgan fingerprint density at radius 3 is 3.00 bits per heavy atom. The first-order valence-electron chi connectivity index (χ1n) is 8.36. The number of carbonyl (C=O) groups excluding carboxylic acids is 1. The molecule has 7 heteroatoms. The molecule has 126 valence electrons. The van der Waals surface area contributed by atoms with Crippen molar-refractivity contribution < 1.29 is 4.79 Å². The standard InChI is InChI=1S/C14H17N5O.C3H5N/c20-10-19-6-1-3-14(19)4-7-18(8-14)13-11-2-5-15-12(11)16-9-17-13;1-2-3-4/h2,5,9-10H,1,3-4,6-8H2,(H,15,16,17);2H2,1H3. The van der Waals surface area contributed by atoms with Crippen LogP contribution >= 0.6 is 0 Å². The highest BCUT2D eigenvalue weighted by Crippen LogP contribution is 2.39. The van der Waals surface area contributed by atoms with Crippen LogP contribution in [-0.2, 0) is 4.79 Å². The minimum absolute atomic E-state index is 0.0231. The number of amides is 1. The average Bonchev–Trinajstić information content (AvgIpc) is 3.35. The fourth-order valence-electron chi connectivity index (χ4n) is 3.71. The van der Waals surface area contributed by atoms with Crippen molar-refractivity contribution in [1.82, 2.24) is 19.9 Å². The summed E-state index contributed by atoms with van der Waals surface area (Å²) in [6, 6.07) is 3.95. The van der Waals surface area contributed by atoms with Crippen molar-refractivity contribution in [3.63, 3.8) is 0 Å². The normalized spacial score (nSPS) is 22.5. The lowest BCUT2D eigenvalue weighted by Crippen LogP contribution is -2.45. The van der Waals surface area contributed by atoms with Crippen LogP contribution in [0.25, 0.3) is 11.0 Å². The molecule has 2 fully saturated rings. The summed E-state index contributed by atoms with van der Waals surface area (Å²) in [5.74, 6) is 0.978. The average molecular weight is 326 g/mol. The Kier molecular flexibility index (Phi) is 4.65. The number of aromatic amines is 1. The number of H-pyrrole nitrogens is 1. The third-order valence-corrected chi connectivity index (χ3v) is 4.90. The zero-order valence-electron chi connectivity index (χ0n) is 13.9. The molecule has 0 radical (unpaired) electrons. The van der Waals surface area contributed by atoms with Crippen LogP contribution in [0.4, 0.5) is 5.82 Å². The van der Waals surface area contributed by atoms with Crippen LogP contribution in [0.15, 0.2) is 18.6 Å². The summed E-state index contributed by atoms with van der Waals surface area (Å²) in [6.07, 6.45) is 8.37. The lowest BCUT2D eigenvalue weighted by Gasteiger charge is -2.32. The molecule has 2 aliphatic heterocycles. The minimum atomic E-state index is 0.0231. The van der Waals surface area contributed by atoms with Gasteiger partial charge in [0.25, 0.3) is 0 Å². The predicted molar refractivity (Wildman–Crippen MR) is 91.4 cm³/mol. The molecular weight excluding hydrogens is 304 g/mol. The van der Waals surface area contributed by atoms with E-state index in [1.54, 1.807) is 6.33 Å². The molecule has 0 bridgehead atoms. The van der Waals surface area contributed by atoms with Crippen LogP contribution in [0.2, 0.25) is 0 Å². The zero-order chi connectivity index (χ0) is 17.0. The Hall–Kier alpha value is -2.62. The van der Waals surface area contributed by atoms with E-state index in [2.05, 4.69) is 19.9 Å². The van der Waals surface area contributed by atoms with Gasteiger partial charge in [0.2, 0.25) is 6.41 Å². The second-order valence-corrected chi connectivity index (χ2v) is 6.25. The maximum absolute atomic E-state index is 11.3. The number of fused-ring (bicyclic) bond motifs is 1. The molecule has 1 amide bonds. The number of nitrogens with zero attached hydrogens (tertiary/aromatic N) is 5. The van der Waals surface area contributed by atoms with Gasteiger partial charge < -0.3 is 14.8 Å². The number of rotatable bonds is 2. The molecule has 0 saturated carbocycles. The SMILES string of the molecule is CCC#N.O=CN1CCCC12CCN(c1ncnc3[nH]ccc13)C2. The fraction of sp³-hybridized carbons (Fsp3) is 0.529. The molecule has 2 aromatic heterocycles. The van der Waals surface area contributed by atoms with Gasteiger partial charge in [-0.3, -0.25) is 4.79 Å². The summed E-state index contributed by atoms with van der Waals surface area (Å²) in [5, 5.41) is 8.68. The van der Waals surface area contributed by atoms with Gasteiger partial charge in [0.15, 0.2) is 0 Å². The van der Waals surface area contributed by atoms with Gasteiger partial charge in [0.1, 0.15) is 17.8 Å². The van der Waals surface area contributed by atoms with Gasteiger partial charge in [-0.25, -0.2) is 9.97 Å². The summed E-state index contributed by atoms with van der Waals surface area (Å²) >= 11 is 0. The van der Waals surface area contributed by atoms with Gasteiger partial charge in [-0.05, 0) is 25.3 Å². The van der Waals surface area contributed by atoms with E-state index in [0.717, 1.165) is 62.2 Å². The smallest absolute Gasteiger partial charge is 0.210 e.